The number of aromatic nitrogens is 2. The second-order valence-electron chi connectivity index (χ2n) is 5.42. The van der Waals surface area contributed by atoms with Crippen LogP contribution in [0.1, 0.15) is 26.5 Å². The molecule has 0 bridgehead atoms. The third-order valence-electron chi connectivity index (χ3n) is 3.62. The highest BCUT2D eigenvalue weighted by atomic mass is 19.1. The molecular formula is C18H17FN4O4. The van der Waals surface area contributed by atoms with Gasteiger partial charge in [-0.25, -0.2) is 9.37 Å². The monoisotopic (exact) mass is 372 g/mol. The van der Waals surface area contributed by atoms with Crippen molar-refractivity contribution in [1.82, 2.24) is 9.97 Å². The number of amides is 1. The van der Waals surface area contributed by atoms with Crippen LogP contribution in [0.3, 0.4) is 0 Å². The number of hydrogen-bond acceptors (Lipinski definition) is 7. The Labute approximate surface area is 154 Å². The Hall–Kier alpha value is -3.49. The van der Waals surface area contributed by atoms with Gasteiger partial charge in [-0.3, -0.25) is 14.8 Å². The number of nitroso groups, excluding NO2 is 1. The number of carbonyl (C=O) groups is 1. The molecular weight excluding hydrogens is 355 g/mol. The van der Waals surface area contributed by atoms with Crippen molar-refractivity contribution in [2.45, 2.75) is 20.8 Å². The standard InChI is InChI=1S/C18H17FN4O4/c1-10(18(24)23-25)11(2)21-12(3)14-8-20-9-16(22-14)27-17-13(19)6-5-7-15(17)26-4/h5-9H,1-4H3/b11-10+,21-12?. The number of ether oxygens (including phenoxy) is 2. The van der Waals surface area contributed by atoms with Crippen molar-refractivity contribution in [1.29, 1.82) is 0 Å². The van der Waals surface area contributed by atoms with E-state index >= 15 is 0 Å². The van der Waals surface area contributed by atoms with Gasteiger partial charge in [0.25, 0.3) is 0 Å². The van der Waals surface area contributed by atoms with E-state index in [9.17, 15) is 14.1 Å². The Bertz CT molecular complexity index is 941. The van der Waals surface area contributed by atoms with Gasteiger partial charge in [0.15, 0.2) is 11.6 Å². The predicted octanol–water partition coefficient (Wildman–Crippen LogP) is 3.81. The molecule has 1 aromatic carbocycles. The summed E-state index contributed by atoms with van der Waals surface area (Å²) in [6.07, 6.45) is 2.75. The van der Waals surface area contributed by atoms with Crippen LogP contribution >= 0.6 is 0 Å². The third-order valence-corrected chi connectivity index (χ3v) is 3.62. The van der Waals surface area contributed by atoms with E-state index in [1.807, 2.05) is 0 Å². The van der Waals surface area contributed by atoms with E-state index in [1.54, 1.807) is 19.9 Å². The molecule has 0 fully saturated rings. The number of rotatable bonds is 6. The number of hydrogen-bond donors (Lipinski definition) is 0. The van der Waals surface area contributed by atoms with Gasteiger partial charge in [-0.05, 0) is 32.9 Å². The molecule has 1 amide bonds. The Kier molecular flexibility index (Phi) is 6.42. The fourth-order valence-electron chi connectivity index (χ4n) is 2.04. The van der Waals surface area contributed by atoms with Gasteiger partial charge in [-0.2, -0.15) is 0 Å². The van der Waals surface area contributed by atoms with Gasteiger partial charge in [-0.15, -0.1) is 4.91 Å². The van der Waals surface area contributed by atoms with Gasteiger partial charge in [0.1, 0.15) is 5.69 Å². The maximum absolute atomic E-state index is 14.0. The Morgan fingerprint density at radius 1 is 1.19 bits per heavy atom. The highest BCUT2D eigenvalue weighted by Gasteiger charge is 2.14. The molecule has 140 valence electrons. The fourth-order valence-corrected chi connectivity index (χ4v) is 2.04. The van der Waals surface area contributed by atoms with Crippen molar-refractivity contribution in [3.05, 3.63) is 58.3 Å². The summed E-state index contributed by atoms with van der Waals surface area (Å²) in [6.45, 7) is 4.67. The number of halogens is 1. The minimum Gasteiger partial charge on any atom is -0.493 e. The quantitative estimate of drug-likeness (QED) is 0.434. The van der Waals surface area contributed by atoms with Gasteiger partial charge in [0, 0.05) is 16.4 Å². The fraction of sp³-hybridized carbons (Fsp3) is 0.222. The zero-order valence-corrected chi connectivity index (χ0v) is 15.2. The van der Waals surface area contributed by atoms with E-state index in [0.717, 1.165) is 0 Å². The van der Waals surface area contributed by atoms with E-state index in [0.29, 0.717) is 17.1 Å². The molecule has 0 N–H and O–H groups in total. The van der Waals surface area contributed by atoms with Crippen molar-refractivity contribution in [2.75, 3.05) is 7.11 Å². The molecule has 0 saturated carbocycles. The van der Waals surface area contributed by atoms with Crippen LogP contribution in [-0.4, -0.2) is 28.7 Å². The lowest BCUT2D eigenvalue weighted by molar-refractivity contribution is -0.114. The van der Waals surface area contributed by atoms with Crippen LogP contribution < -0.4 is 9.47 Å². The Morgan fingerprint density at radius 3 is 2.59 bits per heavy atom. The average Bonchev–Trinajstić information content (AvgIpc) is 2.68. The molecule has 0 aliphatic rings. The summed E-state index contributed by atoms with van der Waals surface area (Å²) in [6, 6.07) is 4.28. The highest BCUT2D eigenvalue weighted by Crippen LogP contribution is 2.33. The number of carbonyl (C=O) groups excluding carboxylic acids is 1. The van der Waals surface area contributed by atoms with Crippen LogP contribution in [0.5, 0.6) is 17.4 Å². The second-order valence-corrected chi connectivity index (χ2v) is 5.42. The summed E-state index contributed by atoms with van der Waals surface area (Å²) in [7, 11) is 1.40. The number of benzene rings is 1. The lowest BCUT2D eigenvalue weighted by Crippen LogP contribution is -2.04. The minimum atomic E-state index is -0.890. The molecule has 0 saturated heterocycles. The molecule has 2 rings (SSSR count). The maximum atomic E-state index is 14.0. The van der Waals surface area contributed by atoms with Crippen LogP contribution in [0.2, 0.25) is 0 Å². The first-order valence-electron chi connectivity index (χ1n) is 7.80. The second kappa shape index (κ2) is 8.75. The number of nitrogens with zero attached hydrogens (tertiary/aromatic N) is 4. The lowest BCUT2D eigenvalue weighted by Gasteiger charge is -2.10. The molecule has 2 aromatic rings. The predicted molar refractivity (Wildman–Crippen MR) is 96.4 cm³/mol. The molecule has 0 unspecified atom stereocenters. The molecule has 0 aliphatic carbocycles. The van der Waals surface area contributed by atoms with Crippen molar-refractivity contribution >= 4 is 11.6 Å². The molecule has 0 radical (unpaired) electrons. The normalized spacial score (nSPS) is 12.3. The number of para-hydroxylation sites is 1. The number of allylic oxidation sites excluding steroid dienone is 1. The smallest absolute Gasteiger partial charge is 0.314 e. The first-order chi connectivity index (χ1) is 12.9. The van der Waals surface area contributed by atoms with Crippen molar-refractivity contribution in [2.24, 2.45) is 10.2 Å². The van der Waals surface area contributed by atoms with Crippen molar-refractivity contribution in [3.8, 4) is 17.4 Å². The molecule has 0 atom stereocenters. The number of aliphatic imine (C=N–C) groups is 1. The molecule has 27 heavy (non-hydrogen) atoms. The van der Waals surface area contributed by atoms with E-state index in [2.05, 4.69) is 20.1 Å². The van der Waals surface area contributed by atoms with Crippen molar-refractivity contribution < 1.29 is 18.7 Å². The summed E-state index contributed by atoms with van der Waals surface area (Å²) in [4.78, 5) is 34.1. The Morgan fingerprint density at radius 2 is 1.93 bits per heavy atom. The van der Waals surface area contributed by atoms with Crippen LogP contribution in [-0.2, 0) is 4.79 Å². The summed E-state index contributed by atoms with van der Waals surface area (Å²) in [5.41, 5.74) is 1.22. The van der Waals surface area contributed by atoms with Crippen LogP contribution in [0.4, 0.5) is 4.39 Å². The van der Waals surface area contributed by atoms with Crippen LogP contribution in [0.15, 0.2) is 52.0 Å². The molecule has 0 spiro atoms. The third kappa shape index (κ3) is 4.78. The van der Waals surface area contributed by atoms with Gasteiger partial charge >= 0.3 is 5.91 Å². The topological polar surface area (TPSA) is 103 Å². The molecule has 1 heterocycles. The average molecular weight is 372 g/mol. The van der Waals surface area contributed by atoms with Gasteiger partial charge in [0.05, 0.1) is 25.2 Å². The largest absolute Gasteiger partial charge is 0.493 e. The number of methoxy groups -OCH3 is 1. The van der Waals surface area contributed by atoms with Crippen LogP contribution in [0.25, 0.3) is 0 Å². The summed E-state index contributed by atoms with van der Waals surface area (Å²) in [5.74, 6) is -1.37. The molecule has 9 heteroatoms. The van der Waals surface area contributed by atoms with Gasteiger partial charge in [0.2, 0.25) is 11.6 Å². The molecule has 0 aliphatic heterocycles. The van der Waals surface area contributed by atoms with Gasteiger partial charge < -0.3 is 9.47 Å². The molecule has 8 nitrogen and oxygen atoms in total. The van der Waals surface area contributed by atoms with E-state index < -0.39 is 11.7 Å². The first-order valence-corrected chi connectivity index (χ1v) is 7.80. The minimum absolute atomic E-state index is 0.0365. The Balaban J connectivity index is 2.34. The summed E-state index contributed by atoms with van der Waals surface area (Å²) >= 11 is 0. The SMILES string of the molecule is COc1cccc(F)c1Oc1cncc(C(C)=N/C(C)=C(\C)C(=O)N=O)n1. The lowest BCUT2D eigenvalue weighted by atomic mass is 10.2. The maximum Gasteiger partial charge on any atom is 0.314 e. The zero-order chi connectivity index (χ0) is 20.0. The summed E-state index contributed by atoms with van der Waals surface area (Å²) in [5, 5.41) is 2.36. The van der Waals surface area contributed by atoms with Crippen LogP contribution in [0, 0.1) is 10.7 Å². The van der Waals surface area contributed by atoms with Gasteiger partial charge in [-0.1, -0.05) is 6.07 Å². The first kappa shape index (κ1) is 19.8. The van der Waals surface area contributed by atoms with E-state index in [1.165, 1.54) is 38.6 Å². The molecule has 1 aromatic heterocycles. The highest BCUT2D eigenvalue weighted by molar-refractivity contribution is 5.99. The van der Waals surface area contributed by atoms with E-state index in [4.69, 9.17) is 9.47 Å². The van der Waals surface area contributed by atoms with Crippen molar-refractivity contribution in [3.63, 3.8) is 0 Å². The summed E-state index contributed by atoms with van der Waals surface area (Å²) < 4.78 is 24.6. The zero-order valence-electron chi connectivity index (χ0n) is 15.2. The van der Waals surface area contributed by atoms with E-state index in [-0.39, 0.29) is 23.0 Å².